The Morgan fingerprint density at radius 3 is 3.00 bits per heavy atom. The van der Waals surface area contributed by atoms with Gasteiger partial charge in [-0.1, -0.05) is 6.92 Å². The fourth-order valence-electron chi connectivity index (χ4n) is 2.78. The minimum Gasteiger partial charge on any atom is -0.363 e. The molecule has 0 aromatic carbocycles. The molecule has 1 aliphatic rings. The molecule has 0 aliphatic carbocycles. The first-order chi connectivity index (χ1) is 10.6. The van der Waals surface area contributed by atoms with Crippen molar-refractivity contribution in [3.63, 3.8) is 0 Å². The van der Waals surface area contributed by atoms with Gasteiger partial charge >= 0.3 is 0 Å². The van der Waals surface area contributed by atoms with E-state index in [0.717, 1.165) is 37.3 Å². The van der Waals surface area contributed by atoms with Crippen LogP contribution in [0.5, 0.6) is 0 Å². The molecule has 22 heavy (non-hydrogen) atoms. The third-order valence-corrected chi connectivity index (χ3v) is 3.97. The molecule has 122 valence electrons. The van der Waals surface area contributed by atoms with E-state index < -0.39 is 0 Å². The average Bonchev–Trinajstić information content (AvgIpc) is 2.51. The lowest BCUT2D eigenvalue weighted by atomic mass is 10.0. The van der Waals surface area contributed by atoms with Crippen molar-refractivity contribution in [1.29, 1.82) is 0 Å². The van der Waals surface area contributed by atoms with Gasteiger partial charge in [-0.05, 0) is 43.4 Å². The molecule has 0 saturated carbocycles. The Hall–Kier alpha value is -1.78. The summed E-state index contributed by atoms with van der Waals surface area (Å²) in [7, 11) is 4.02. The predicted octanol–water partition coefficient (Wildman–Crippen LogP) is 2.34. The van der Waals surface area contributed by atoms with E-state index in [9.17, 15) is 0 Å². The van der Waals surface area contributed by atoms with E-state index in [2.05, 4.69) is 35.1 Å². The van der Waals surface area contributed by atoms with E-state index in [1.807, 2.05) is 31.3 Å². The molecule has 2 heterocycles. The maximum absolute atomic E-state index is 4.83. The molecule has 0 radical (unpaired) electrons. The molecule has 5 heteroatoms. The van der Waals surface area contributed by atoms with E-state index in [4.69, 9.17) is 4.99 Å². The minimum absolute atomic E-state index is 0.691. The normalized spacial score (nSPS) is 19.2. The monoisotopic (exact) mass is 303 g/mol. The Bertz CT molecular complexity index is 498. The molecule has 0 bridgehead atoms. The summed E-state index contributed by atoms with van der Waals surface area (Å²) in [5, 5.41) is 3.43. The van der Waals surface area contributed by atoms with Crippen LogP contribution in [0.2, 0.25) is 0 Å². The molecule has 1 N–H and O–H groups in total. The van der Waals surface area contributed by atoms with Crippen molar-refractivity contribution in [3.05, 3.63) is 23.9 Å². The Kier molecular flexibility index (Phi) is 6.04. The highest BCUT2D eigenvalue weighted by Crippen LogP contribution is 2.16. The number of aromatic nitrogens is 1. The Morgan fingerprint density at radius 1 is 1.50 bits per heavy atom. The molecule has 1 unspecified atom stereocenters. The van der Waals surface area contributed by atoms with Crippen LogP contribution >= 0.6 is 0 Å². The lowest BCUT2D eigenvalue weighted by molar-refractivity contribution is 0.266. The highest BCUT2D eigenvalue weighted by atomic mass is 15.3. The fraction of sp³-hybridized carbons (Fsp3) is 0.647. The first-order valence-corrected chi connectivity index (χ1v) is 8.25. The van der Waals surface area contributed by atoms with Crippen LogP contribution < -0.4 is 10.2 Å². The molecule has 1 fully saturated rings. The lowest BCUT2D eigenvalue weighted by Crippen LogP contribution is -2.46. The van der Waals surface area contributed by atoms with Gasteiger partial charge in [-0.15, -0.1) is 0 Å². The number of pyridine rings is 1. The highest BCUT2D eigenvalue weighted by molar-refractivity contribution is 5.80. The third kappa shape index (κ3) is 4.61. The quantitative estimate of drug-likeness (QED) is 0.685. The zero-order valence-electron chi connectivity index (χ0n) is 14.3. The second kappa shape index (κ2) is 8.01. The van der Waals surface area contributed by atoms with Gasteiger partial charge < -0.3 is 15.1 Å². The molecule has 1 saturated heterocycles. The molecule has 2 rings (SSSR count). The van der Waals surface area contributed by atoms with E-state index in [0.29, 0.717) is 6.54 Å². The Balaban J connectivity index is 2.08. The number of aliphatic imine (C=N–C) groups is 1. The summed E-state index contributed by atoms with van der Waals surface area (Å²) < 4.78 is 0. The number of likely N-dealkylation sites (tertiary alicyclic amines) is 1. The second-order valence-corrected chi connectivity index (χ2v) is 6.28. The standard InChI is InChI=1S/C17H29N5/c1-5-18-17(22-10-6-7-14(2)13-22)20-12-15-8-9-19-16(11-15)21(3)4/h8-9,11,14H,5-7,10,12-13H2,1-4H3,(H,18,20). The van der Waals surface area contributed by atoms with Gasteiger partial charge in [0.25, 0.3) is 0 Å². The van der Waals surface area contributed by atoms with Gasteiger partial charge in [0.1, 0.15) is 5.82 Å². The van der Waals surface area contributed by atoms with Gasteiger partial charge in [0, 0.05) is 39.9 Å². The highest BCUT2D eigenvalue weighted by Gasteiger charge is 2.18. The number of rotatable bonds is 4. The molecular formula is C17H29N5. The van der Waals surface area contributed by atoms with Gasteiger partial charge in [-0.2, -0.15) is 0 Å². The van der Waals surface area contributed by atoms with E-state index >= 15 is 0 Å². The summed E-state index contributed by atoms with van der Waals surface area (Å²) in [6, 6.07) is 4.14. The van der Waals surface area contributed by atoms with E-state index in [-0.39, 0.29) is 0 Å². The fourth-order valence-corrected chi connectivity index (χ4v) is 2.78. The summed E-state index contributed by atoms with van der Waals surface area (Å²) in [5.74, 6) is 2.76. The number of nitrogens with one attached hydrogen (secondary N) is 1. The van der Waals surface area contributed by atoms with Crippen LogP contribution in [0.4, 0.5) is 5.82 Å². The van der Waals surface area contributed by atoms with Crippen LogP contribution in [0, 0.1) is 5.92 Å². The summed E-state index contributed by atoms with van der Waals surface area (Å²) >= 11 is 0. The molecule has 5 nitrogen and oxygen atoms in total. The average molecular weight is 303 g/mol. The molecule has 1 aromatic rings. The zero-order chi connectivity index (χ0) is 15.9. The minimum atomic E-state index is 0.691. The van der Waals surface area contributed by atoms with Crippen molar-refractivity contribution >= 4 is 11.8 Å². The molecule has 0 amide bonds. The van der Waals surface area contributed by atoms with Crippen molar-refractivity contribution in [1.82, 2.24) is 15.2 Å². The number of piperidine rings is 1. The molecule has 1 aliphatic heterocycles. The van der Waals surface area contributed by atoms with Crippen molar-refractivity contribution in [2.45, 2.75) is 33.2 Å². The van der Waals surface area contributed by atoms with Crippen molar-refractivity contribution in [2.75, 3.05) is 38.6 Å². The van der Waals surface area contributed by atoms with Gasteiger partial charge in [-0.3, -0.25) is 0 Å². The first-order valence-electron chi connectivity index (χ1n) is 8.25. The summed E-state index contributed by atoms with van der Waals surface area (Å²) in [5.41, 5.74) is 1.19. The number of hydrogen-bond acceptors (Lipinski definition) is 3. The van der Waals surface area contributed by atoms with Crippen LogP contribution in [-0.2, 0) is 6.54 Å². The van der Waals surface area contributed by atoms with Gasteiger partial charge in [0.2, 0.25) is 0 Å². The molecule has 1 aromatic heterocycles. The van der Waals surface area contributed by atoms with Gasteiger partial charge in [0.05, 0.1) is 6.54 Å². The number of nitrogens with zero attached hydrogens (tertiary/aromatic N) is 4. The van der Waals surface area contributed by atoms with Crippen molar-refractivity contribution in [3.8, 4) is 0 Å². The van der Waals surface area contributed by atoms with Crippen LogP contribution in [-0.4, -0.2) is 49.6 Å². The van der Waals surface area contributed by atoms with Crippen molar-refractivity contribution < 1.29 is 0 Å². The topological polar surface area (TPSA) is 43.8 Å². The van der Waals surface area contributed by atoms with Gasteiger partial charge in [-0.25, -0.2) is 9.98 Å². The SMILES string of the molecule is CCNC(=NCc1ccnc(N(C)C)c1)N1CCCC(C)C1. The predicted molar refractivity (Wildman–Crippen MR) is 93.4 cm³/mol. The van der Waals surface area contributed by atoms with Crippen molar-refractivity contribution in [2.24, 2.45) is 10.9 Å². The Labute approximate surface area is 134 Å². The number of hydrogen-bond donors (Lipinski definition) is 1. The number of guanidine groups is 1. The van der Waals surface area contributed by atoms with Crippen LogP contribution in [0.1, 0.15) is 32.3 Å². The van der Waals surface area contributed by atoms with Crippen LogP contribution in [0.15, 0.2) is 23.3 Å². The smallest absolute Gasteiger partial charge is 0.194 e. The van der Waals surface area contributed by atoms with Gasteiger partial charge in [0.15, 0.2) is 5.96 Å². The lowest BCUT2D eigenvalue weighted by Gasteiger charge is -2.33. The van der Waals surface area contributed by atoms with Crippen LogP contribution in [0.3, 0.4) is 0 Å². The largest absolute Gasteiger partial charge is 0.363 e. The summed E-state index contributed by atoms with van der Waals surface area (Å²) in [6.07, 6.45) is 4.44. The summed E-state index contributed by atoms with van der Waals surface area (Å²) in [4.78, 5) is 13.6. The van der Waals surface area contributed by atoms with E-state index in [1.165, 1.54) is 18.4 Å². The maximum atomic E-state index is 4.83. The molecule has 1 atom stereocenters. The molecular weight excluding hydrogens is 274 g/mol. The Morgan fingerprint density at radius 2 is 2.32 bits per heavy atom. The van der Waals surface area contributed by atoms with E-state index in [1.54, 1.807) is 0 Å². The zero-order valence-corrected chi connectivity index (χ0v) is 14.3. The third-order valence-electron chi connectivity index (χ3n) is 3.97. The summed E-state index contributed by atoms with van der Waals surface area (Å²) in [6.45, 7) is 8.25. The molecule has 0 spiro atoms. The van der Waals surface area contributed by atoms with Crippen LogP contribution in [0.25, 0.3) is 0 Å². The second-order valence-electron chi connectivity index (χ2n) is 6.28. The maximum Gasteiger partial charge on any atom is 0.194 e. The first kappa shape index (κ1) is 16.6. The number of anilines is 1.